The Balaban J connectivity index is 1.79. The smallest absolute Gasteiger partial charge is 0.122 e. The van der Waals surface area contributed by atoms with E-state index >= 15 is 0 Å². The number of aryl methyl sites for hydroxylation is 2. The van der Waals surface area contributed by atoms with Gasteiger partial charge in [-0.25, -0.2) is 0 Å². The van der Waals surface area contributed by atoms with Crippen molar-refractivity contribution < 1.29 is 4.74 Å². The summed E-state index contributed by atoms with van der Waals surface area (Å²) in [5.41, 5.74) is 2.92. The molecule has 1 aromatic carbocycles. The molecular formula is C19H29NO. The maximum atomic E-state index is 6.50. The van der Waals surface area contributed by atoms with Crippen molar-refractivity contribution >= 4 is 0 Å². The van der Waals surface area contributed by atoms with E-state index in [0.29, 0.717) is 17.6 Å². The van der Waals surface area contributed by atoms with Crippen molar-refractivity contribution in [2.45, 2.75) is 70.9 Å². The van der Waals surface area contributed by atoms with Gasteiger partial charge in [-0.2, -0.15) is 0 Å². The first-order chi connectivity index (χ1) is 10.2. The molecule has 2 atom stereocenters. The van der Waals surface area contributed by atoms with Crippen LogP contribution in [0.2, 0.25) is 0 Å². The van der Waals surface area contributed by atoms with Crippen LogP contribution in [0.25, 0.3) is 0 Å². The summed E-state index contributed by atoms with van der Waals surface area (Å²) in [6.07, 6.45) is 9.73. The van der Waals surface area contributed by atoms with Crippen molar-refractivity contribution in [3.8, 4) is 5.75 Å². The number of ether oxygens (including phenoxy) is 1. The third-order valence-corrected chi connectivity index (χ3v) is 5.78. The first-order valence-corrected chi connectivity index (χ1v) is 8.57. The molecule has 0 aromatic heterocycles. The molecule has 0 radical (unpaired) electrons. The summed E-state index contributed by atoms with van der Waals surface area (Å²) in [5, 5.41) is 3.55. The fourth-order valence-electron chi connectivity index (χ4n) is 4.36. The molecule has 0 saturated heterocycles. The Morgan fingerprint density at radius 2 is 1.81 bits per heavy atom. The van der Waals surface area contributed by atoms with Gasteiger partial charge in [-0.1, -0.05) is 37.8 Å². The van der Waals surface area contributed by atoms with Crippen LogP contribution in [0.4, 0.5) is 0 Å². The van der Waals surface area contributed by atoms with Crippen molar-refractivity contribution in [1.29, 1.82) is 0 Å². The lowest BCUT2D eigenvalue weighted by Crippen LogP contribution is -2.64. The molecule has 2 fully saturated rings. The van der Waals surface area contributed by atoms with Crippen LogP contribution in [-0.4, -0.2) is 19.2 Å². The van der Waals surface area contributed by atoms with Gasteiger partial charge in [-0.05, 0) is 50.9 Å². The number of rotatable bonds is 3. The molecule has 0 bridgehead atoms. The molecule has 1 N–H and O–H groups in total. The van der Waals surface area contributed by atoms with Crippen LogP contribution in [0.3, 0.4) is 0 Å². The maximum absolute atomic E-state index is 6.50. The van der Waals surface area contributed by atoms with Crippen molar-refractivity contribution in [3.63, 3.8) is 0 Å². The minimum absolute atomic E-state index is 0.376. The van der Waals surface area contributed by atoms with Crippen molar-refractivity contribution in [3.05, 3.63) is 29.3 Å². The second-order valence-electron chi connectivity index (χ2n) is 7.10. The molecule has 2 aliphatic carbocycles. The minimum atomic E-state index is 0.376. The predicted molar refractivity (Wildman–Crippen MR) is 87.9 cm³/mol. The molecule has 2 saturated carbocycles. The van der Waals surface area contributed by atoms with Gasteiger partial charge in [0.1, 0.15) is 11.9 Å². The van der Waals surface area contributed by atoms with Crippen molar-refractivity contribution in [1.82, 2.24) is 5.32 Å². The second kappa shape index (κ2) is 6.00. The van der Waals surface area contributed by atoms with Gasteiger partial charge in [0, 0.05) is 17.9 Å². The van der Waals surface area contributed by atoms with Gasteiger partial charge in [-0.15, -0.1) is 0 Å². The van der Waals surface area contributed by atoms with Crippen LogP contribution in [0.15, 0.2) is 18.2 Å². The van der Waals surface area contributed by atoms with Gasteiger partial charge in [0.2, 0.25) is 0 Å². The summed E-state index contributed by atoms with van der Waals surface area (Å²) < 4.78 is 6.50. The average molecular weight is 287 g/mol. The lowest BCUT2D eigenvalue weighted by Gasteiger charge is -2.55. The largest absolute Gasteiger partial charge is 0.489 e. The van der Waals surface area contributed by atoms with E-state index in [2.05, 4.69) is 44.4 Å². The van der Waals surface area contributed by atoms with Crippen LogP contribution < -0.4 is 10.1 Å². The van der Waals surface area contributed by atoms with E-state index in [0.717, 1.165) is 12.2 Å². The Labute approximate surface area is 129 Å². The van der Waals surface area contributed by atoms with E-state index < -0.39 is 0 Å². The Kier molecular flexibility index (Phi) is 4.26. The Hall–Kier alpha value is -1.02. The summed E-state index contributed by atoms with van der Waals surface area (Å²) in [4.78, 5) is 0. The zero-order chi connectivity index (χ0) is 14.9. The average Bonchev–Trinajstić information content (AvgIpc) is 2.74. The van der Waals surface area contributed by atoms with Crippen molar-refractivity contribution in [2.75, 3.05) is 7.05 Å². The molecule has 1 aromatic rings. The fourth-order valence-corrected chi connectivity index (χ4v) is 4.36. The number of benzene rings is 1. The molecule has 1 spiro atoms. The molecule has 2 nitrogen and oxygen atoms in total. The second-order valence-corrected chi connectivity index (χ2v) is 7.10. The molecule has 3 rings (SSSR count). The molecular weight excluding hydrogens is 258 g/mol. The zero-order valence-electron chi connectivity index (χ0n) is 13.7. The highest BCUT2D eigenvalue weighted by Crippen LogP contribution is 2.52. The topological polar surface area (TPSA) is 21.3 Å². The molecule has 2 aliphatic rings. The molecule has 2 unspecified atom stereocenters. The zero-order valence-corrected chi connectivity index (χ0v) is 13.7. The third-order valence-electron chi connectivity index (χ3n) is 5.78. The standard InChI is InChI=1S/C19H29NO/c1-14-8-9-15(2)16(12-14)21-18-13-17(20-3)19(18)10-6-4-5-7-11-19/h8-9,12,17-18,20H,4-7,10-11,13H2,1-3H3. The summed E-state index contributed by atoms with van der Waals surface area (Å²) in [6.45, 7) is 4.30. The quantitative estimate of drug-likeness (QED) is 0.890. The summed E-state index contributed by atoms with van der Waals surface area (Å²) >= 11 is 0. The van der Waals surface area contributed by atoms with Gasteiger partial charge in [0.05, 0.1) is 0 Å². The number of hydrogen-bond acceptors (Lipinski definition) is 2. The van der Waals surface area contributed by atoms with Crippen LogP contribution in [0.1, 0.15) is 56.1 Å². The van der Waals surface area contributed by atoms with E-state index in [1.54, 1.807) is 0 Å². The van der Waals surface area contributed by atoms with Gasteiger partial charge in [-0.3, -0.25) is 0 Å². The molecule has 0 aliphatic heterocycles. The third kappa shape index (κ3) is 2.70. The molecule has 0 amide bonds. The van der Waals surface area contributed by atoms with E-state index in [1.807, 2.05) is 0 Å². The Bertz CT molecular complexity index is 488. The SMILES string of the molecule is CNC1CC(Oc2cc(C)ccc2C)C12CCCCCC2. The lowest BCUT2D eigenvalue weighted by molar-refractivity contribution is -0.0884. The first kappa shape index (κ1) is 14.9. The summed E-state index contributed by atoms with van der Waals surface area (Å²) in [7, 11) is 2.12. The molecule has 2 heteroatoms. The van der Waals surface area contributed by atoms with Crippen LogP contribution in [0.5, 0.6) is 5.75 Å². The number of hydrogen-bond donors (Lipinski definition) is 1. The molecule has 0 heterocycles. The highest BCUT2D eigenvalue weighted by molar-refractivity contribution is 5.36. The fraction of sp³-hybridized carbons (Fsp3) is 0.684. The highest BCUT2D eigenvalue weighted by Gasteiger charge is 2.55. The lowest BCUT2D eigenvalue weighted by atomic mass is 9.58. The van der Waals surface area contributed by atoms with E-state index in [-0.39, 0.29) is 0 Å². The van der Waals surface area contributed by atoms with Gasteiger partial charge in [0.25, 0.3) is 0 Å². The first-order valence-electron chi connectivity index (χ1n) is 8.57. The monoisotopic (exact) mass is 287 g/mol. The molecule has 21 heavy (non-hydrogen) atoms. The normalized spacial score (nSPS) is 28.0. The minimum Gasteiger partial charge on any atom is -0.489 e. The summed E-state index contributed by atoms with van der Waals surface area (Å²) in [6, 6.07) is 7.19. The molecule has 116 valence electrons. The number of nitrogens with one attached hydrogen (secondary N) is 1. The summed E-state index contributed by atoms with van der Waals surface area (Å²) in [5.74, 6) is 1.10. The van der Waals surface area contributed by atoms with Crippen molar-refractivity contribution in [2.24, 2.45) is 5.41 Å². The Morgan fingerprint density at radius 1 is 1.10 bits per heavy atom. The van der Waals surface area contributed by atoms with E-state index in [1.165, 1.54) is 49.7 Å². The van der Waals surface area contributed by atoms with E-state index in [4.69, 9.17) is 4.74 Å². The van der Waals surface area contributed by atoms with Gasteiger partial charge < -0.3 is 10.1 Å². The maximum Gasteiger partial charge on any atom is 0.122 e. The van der Waals surface area contributed by atoms with Crippen LogP contribution in [0, 0.1) is 19.3 Å². The van der Waals surface area contributed by atoms with Crippen LogP contribution >= 0.6 is 0 Å². The Morgan fingerprint density at radius 3 is 2.48 bits per heavy atom. The van der Waals surface area contributed by atoms with Gasteiger partial charge >= 0.3 is 0 Å². The van der Waals surface area contributed by atoms with Crippen LogP contribution in [-0.2, 0) is 0 Å². The van der Waals surface area contributed by atoms with E-state index in [9.17, 15) is 0 Å². The highest BCUT2D eigenvalue weighted by atomic mass is 16.5. The van der Waals surface area contributed by atoms with Gasteiger partial charge in [0.15, 0.2) is 0 Å². The predicted octanol–water partition coefficient (Wildman–Crippen LogP) is 4.38.